The molecule has 0 bridgehead atoms. The monoisotopic (exact) mass is 252 g/mol. The second kappa shape index (κ2) is 5.01. The predicted octanol–water partition coefficient (Wildman–Crippen LogP) is 2.90. The normalized spacial score (nSPS) is 13.9. The number of halogens is 4. The fourth-order valence-corrected chi connectivity index (χ4v) is 1.41. The highest BCUT2D eigenvalue weighted by Crippen LogP contribution is 2.31. The Kier molecular flexibility index (Phi) is 4.15. The summed E-state index contributed by atoms with van der Waals surface area (Å²) in [5, 5.41) is 3.02. The zero-order valence-electron chi connectivity index (χ0n) is 8.90. The molecule has 0 aliphatic rings. The SMILES string of the molecule is CNC(C)Cc1ncc(C(F)(F)F)cc1Cl. The molecular weight excluding hydrogens is 241 g/mol. The van der Waals surface area contributed by atoms with E-state index in [9.17, 15) is 13.2 Å². The van der Waals surface area contributed by atoms with Crippen molar-refractivity contribution in [2.75, 3.05) is 7.05 Å². The van der Waals surface area contributed by atoms with Crippen LogP contribution in [-0.4, -0.2) is 18.1 Å². The van der Waals surface area contributed by atoms with Crippen LogP contribution in [0.2, 0.25) is 5.02 Å². The molecule has 0 spiro atoms. The smallest absolute Gasteiger partial charge is 0.317 e. The average Bonchev–Trinajstić information content (AvgIpc) is 2.19. The average molecular weight is 253 g/mol. The van der Waals surface area contributed by atoms with E-state index < -0.39 is 11.7 Å². The number of pyridine rings is 1. The molecular formula is C10H12ClF3N2. The molecule has 1 heterocycles. The predicted molar refractivity (Wildman–Crippen MR) is 56.5 cm³/mol. The first-order valence-electron chi connectivity index (χ1n) is 4.73. The van der Waals surface area contributed by atoms with E-state index in [1.165, 1.54) is 0 Å². The Morgan fingerprint density at radius 2 is 2.12 bits per heavy atom. The van der Waals surface area contributed by atoms with Crippen LogP contribution in [0.3, 0.4) is 0 Å². The van der Waals surface area contributed by atoms with E-state index in [4.69, 9.17) is 11.6 Å². The third-order valence-electron chi connectivity index (χ3n) is 2.24. The summed E-state index contributed by atoms with van der Waals surface area (Å²) in [4.78, 5) is 3.74. The van der Waals surface area contributed by atoms with Gasteiger partial charge in [0.15, 0.2) is 0 Å². The highest BCUT2D eigenvalue weighted by Gasteiger charge is 2.31. The lowest BCUT2D eigenvalue weighted by molar-refractivity contribution is -0.137. The van der Waals surface area contributed by atoms with Gasteiger partial charge in [-0.25, -0.2) is 0 Å². The van der Waals surface area contributed by atoms with E-state index in [2.05, 4.69) is 10.3 Å². The van der Waals surface area contributed by atoms with Gasteiger partial charge in [0.2, 0.25) is 0 Å². The lowest BCUT2D eigenvalue weighted by Crippen LogP contribution is -2.24. The van der Waals surface area contributed by atoms with Gasteiger partial charge in [-0.05, 0) is 20.0 Å². The summed E-state index contributed by atoms with van der Waals surface area (Å²) in [6, 6.07) is 1.02. The number of nitrogens with zero attached hydrogens (tertiary/aromatic N) is 1. The molecule has 1 rings (SSSR count). The maximum Gasteiger partial charge on any atom is 0.417 e. The van der Waals surface area contributed by atoms with Crippen LogP contribution >= 0.6 is 11.6 Å². The molecule has 0 aromatic carbocycles. The number of hydrogen-bond acceptors (Lipinski definition) is 2. The first-order valence-corrected chi connectivity index (χ1v) is 5.11. The van der Waals surface area contributed by atoms with Crippen molar-refractivity contribution in [3.8, 4) is 0 Å². The van der Waals surface area contributed by atoms with Gasteiger partial charge in [-0.15, -0.1) is 0 Å². The van der Waals surface area contributed by atoms with Crippen molar-refractivity contribution >= 4 is 11.6 Å². The van der Waals surface area contributed by atoms with E-state index in [1.54, 1.807) is 7.05 Å². The Morgan fingerprint density at radius 3 is 2.56 bits per heavy atom. The van der Waals surface area contributed by atoms with Gasteiger partial charge >= 0.3 is 6.18 Å². The molecule has 0 fully saturated rings. The third-order valence-corrected chi connectivity index (χ3v) is 2.56. The fourth-order valence-electron chi connectivity index (χ4n) is 1.16. The van der Waals surface area contributed by atoms with Crippen molar-refractivity contribution in [2.24, 2.45) is 0 Å². The molecule has 0 saturated heterocycles. The van der Waals surface area contributed by atoms with Crippen LogP contribution in [0.1, 0.15) is 18.2 Å². The number of nitrogens with one attached hydrogen (secondary N) is 1. The van der Waals surface area contributed by atoms with E-state index >= 15 is 0 Å². The lowest BCUT2D eigenvalue weighted by Gasteiger charge is -2.12. The number of hydrogen-bond donors (Lipinski definition) is 1. The minimum atomic E-state index is -4.40. The van der Waals surface area contributed by atoms with Gasteiger partial charge in [-0.2, -0.15) is 13.2 Å². The summed E-state index contributed by atoms with van der Waals surface area (Å²) < 4.78 is 37.0. The van der Waals surface area contributed by atoms with Crippen molar-refractivity contribution in [2.45, 2.75) is 25.6 Å². The van der Waals surface area contributed by atoms with Gasteiger partial charge in [0.05, 0.1) is 16.3 Å². The van der Waals surface area contributed by atoms with Crippen LogP contribution in [0.25, 0.3) is 0 Å². The van der Waals surface area contributed by atoms with Crippen molar-refractivity contribution in [1.82, 2.24) is 10.3 Å². The quantitative estimate of drug-likeness (QED) is 0.895. The van der Waals surface area contributed by atoms with E-state index in [1.807, 2.05) is 6.92 Å². The Hall–Kier alpha value is -0.810. The number of aromatic nitrogens is 1. The van der Waals surface area contributed by atoms with Crippen molar-refractivity contribution in [3.63, 3.8) is 0 Å². The summed E-state index contributed by atoms with van der Waals surface area (Å²) in [6.45, 7) is 1.90. The van der Waals surface area contributed by atoms with Gasteiger partial charge in [0.1, 0.15) is 0 Å². The van der Waals surface area contributed by atoms with Crippen LogP contribution in [-0.2, 0) is 12.6 Å². The highest BCUT2D eigenvalue weighted by atomic mass is 35.5. The molecule has 0 aliphatic carbocycles. The van der Waals surface area contributed by atoms with Gasteiger partial charge < -0.3 is 5.32 Å². The summed E-state index contributed by atoms with van der Waals surface area (Å²) in [5.41, 5.74) is -0.352. The highest BCUT2D eigenvalue weighted by molar-refractivity contribution is 6.31. The topological polar surface area (TPSA) is 24.9 Å². The van der Waals surface area contributed by atoms with E-state index in [-0.39, 0.29) is 11.1 Å². The van der Waals surface area contributed by atoms with Crippen molar-refractivity contribution in [3.05, 3.63) is 28.5 Å². The maximum atomic E-state index is 12.3. The number of alkyl halides is 3. The van der Waals surface area contributed by atoms with Gasteiger partial charge in [-0.1, -0.05) is 11.6 Å². The molecule has 1 aromatic heterocycles. The van der Waals surface area contributed by atoms with E-state index in [0.717, 1.165) is 12.3 Å². The van der Waals surface area contributed by atoms with Crippen molar-refractivity contribution in [1.29, 1.82) is 0 Å². The summed E-state index contributed by atoms with van der Waals surface area (Å²) in [7, 11) is 1.77. The molecule has 0 saturated carbocycles. The Labute approximate surface area is 96.8 Å². The molecule has 0 amide bonds. The Balaban J connectivity index is 2.92. The molecule has 90 valence electrons. The van der Waals surface area contributed by atoms with Crippen LogP contribution in [0, 0.1) is 0 Å². The van der Waals surface area contributed by atoms with E-state index in [0.29, 0.717) is 12.1 Å². The fraction of sp³-hybridized carbons (Fsp3) is 0.500. The summed E-state index contributed by atoms with van der Waals surface area (Å²) >= 11 is 5.75. The first-order chi connectivity index (χ1) is 7.34. The molecule has 16 heavy (non-hydrogen) atoms. The molecule has 6 heteroatoms. The van der Waals surface area contributed by atoms with Gasteiger partial charge in [0.25, 0.3) is 0 Å². The minimum absolute atomic E-state index is 0.0527. The van der Waals surface area contributed by atoms with Crippen LogP contribution < -0.4 is 5.32 Å². The molecule has 1 N–H and O–H groups in total. The zero-order valence-corrected chi connectivity index (χ0v) is 9.65. The van der Waals surface area contributed by atoms with Crippen molar-refractivity contribution < 1.29 is 13.2 Å². The molecule has 0 radical (unpaired) electrons. The number of likely N-dealkylation sites (N-methyl/N-ethyl adjacent to an activating group) is 1. The Bertz CT molecular complexity index is 366. The molecule has 2 nitrogen and oxygen atoms in total. The van der Waals surface area contributed by atoms with Gasteiger partial charge in [-0.3, -0.25) is 4.98 Å². The Morgan fingerprint density at radius 1 is 1.50 bits per heavy atom. The molecule has 1 unspecified atom stereocenters. The first kappa shape index (κ1) is 13.3. The van der Waals surface area contributed by atoms with Crippen LogP contribution in [0.4, 0.5) is 13.2 Å². The standard InChI is InChI=1S/C10H12ClF3N2/c1-6(15-2)3-9-8(11)4-7(5-16-9)10(12,13)14/h4-6,15H,3H2,1-2H3. The molecule has 0 aliphatic heterocycles. The van der Waals surface area contributed by atoms with Crippen LogP contribution in [0.5, 0.6) is 0 Å². The summed E-state index contributed by atoms with van der Waals surface area (Å²) in [6.07, 6.45) is -3.10. The third kappa shape index (κ3) is 3.35. The van der Waals surface area contributed by atoms with Gasteiger partial charge in [0, 0.05) is 18.7 Å². The maximum absolute atomic E-state index is 12.3. The van der Waals surface area contributed by atoms with Crippen LogP contribution in [0.15, 0.2) is 12.3 Å². The molecule has 1 atom stereocenters. The largest absolute Gasteiger partial charge is 0.417 e. The molecule has 1 aromatic rings. The second-order valence-electron chi connectivity index (χ2n) is 3.54. The zero-order chi connectivity index (χ0) is 12.3. The second-order valence-corrected chi connectivity index (χ2v) is 3.95. The minimum Gasteiger partial charge on any atom is -0.317 e. The lowest BCUT2D eigenvalue weighted by atomic mass is 10.1. The summed E-state index contributed by atoms with van der Waals surface area (Å²) in [5.74, 6) is 0. The number of rotatable bonds is 3.